The van der Waals surface area contributed by atoms with Gasteiger partial charge in [-0.1, -0.05) is 0 Å². The van der Waals surface area contributed by atoms with Crippen LogP contribution in [0.1, 0.15) is 26.3 Å². The summed E-state index contributed by atoms with van der Waals surface area (Å²) in [5.74, 6) is 0. The first-order chi connectivity index (χ1) is 6.08. The van der Waals surface area contributed by atoms with Gasteiger partial charge in [-0.2, -0.15) is 0 Å². The van der Waals surface area contributed by atoms with E-state index in [1.807, 2.05) is 0 Å². The summed E-state index contributed by atoms with van der Waals surface area (Å²) in [7, 11) is 0. The van der Waals surface area contributed by atoms with Crippen LogP contribution in [0.3, 0.4) is 0 Å². The van der Waals surface area contributed by atoms with Crippen LogP contribution in [-0.4, -0.2) is 21.1 Å². The third-order valence-electron chi connectivity index (χ3n) is 1.59. The number of rotatable bonds is 2. The minimum absolute atomic E-state index is 0.344. The van der Waals surface area contributed by atoms with Gasteiger partial charge in [0, 0.05) is 0 Å². The molecule has 0 fully saturated rings. The molecule has 0 saturated carbocycles. The van der Waals surface area contributed by atoms with Crippen LogP contribution < -0.4 is 0 Å². The van der Waals surface area contributed by atoms with E-state index in [0.717, 1.165) is 0 Å². The van der Waals surface area contributed by atoms with Crippen molar-refractivity contribution in [2.24, 2.45) is 0 Å². The van der Waals surface area contributed by atoms with Crippen LogP contribution in [0.15, 0.2) is 34.4 Å². The molecule has 0 spiro atoms. The molecule has 1 aromatic rings. The first-order valence-corrected chi connectivity index (χ1v) is 7.65. The molecular formula is C12H16Sn. The van der Waals surface area contributed by atoms with Gasteiger partial charge in [0.1, 0.15) is 0 Å². The fraction of sp³-hybridized carbons (Fsp3) is 0.333. The molecule has 0 aliphatic rings. The Morgan fingerprint density at radius 1 is 1.08 bits per heavy atom. The molecule has 0 heterocycles. The van der Waals surface area contributed by atoms with Gasteiger partial charge in [-0.15, -0.1) is 0 Å². The molecule has 0 N–H and O–H groups in total. The molecule has 0 bridgehead atoms. The second-order valence-electron chi connectivity index (χ2n) is 4.14. The van der Waals surface area contributed by atoms with Gasteiger partial charge < -0.3 is 0 Å². The van der Waals surface area contributed by atoms with E-state index >= 15 is 0 Å². The van der Waals surface area contributed by atoms with Crippen molar-refractivity contribution in [1.82, 2.24) is 0 Å². The van der Waals surface area contributed by atoms with E-state index in [-0.39, 0.29) is 21.1 Å². The number of hydrogen-bond acceptors (Lipinski definition) is 0. The van der Waals surface area contributed by atoms with Gasteiger partial charge in [0.05, 0.1) is 0 Å². The molecule has 1 aromatic carbocycles. The fourth-order valence-corrected chi connectivity index (χ4v) is 3.17. The van der Waals surface area contributed by atoms with E-state index in [4.69, 9.17) is 0 Å². The number of benzene rings is 1. The summed E-state index contributed by atoms with van der Waals surface area (Å²) in [6, 6.07) is 10.5. The Kier molecular flexibility index (Phi) is 4.04. The summed E-state index contributed by atoms with van der Waals surface area (Å²) < 4.78 is 2.98. The Bertz CT molecular complexity index is 267. The van der Waals surface area contributed by atoms with E-state index in [1.165, 1.54) is 5.56 Å². The molecule has 0 saturated heterocycles. The molecule has 0 atom stereocenters. The van der Waals surface area contributed by atoms with Gasteiger partial charge in [-0.3, -0.25) is 0 Å². The van der Waals surface area contributed by atoms with Crippen molar-refractivity contribution in [3.63, 3.8) is 0 Å². The van der Waals surface area contributed by atoms with Crippen molar-refractivity contribution in [2.45, 2.75) is 24.2 Å². The van der Waals surface area contributed by atoms with Crippen LogP contribution in [0.25, 0.3) is 6.08 Å². The molecule has 0 nitrogen and oxygen atoms in total. The van der Waals surface area contributed by atoms with E-state index in [1.54, 1.807) is 0 Å². The standard InChI is InChI=1S/C8H7.C4H9.Sn/c1-2-8-6-4-3-5-7-8;1-4(2)3;/h1-7H;1-3H3;. The van der Waals surface area contributed by atoms with Gasteiger partial charge in [0.25, 0.3) is 0 Å². The summed E-state index contributed by atoms with van der Waals surface area (Å²) >= 11 is -0.344. The van der Waals surface area contributed by atoms with Crippen molar-refractivity contribution in [2.75, 3.05) is 0 Å². The summed E-state index contributed by atoms with van der Waals surface area (Å²) in [6.07, 6.45) is 2.26. The van der Waals surface area contributed by atoms with Crippen LogP contribution in [0.5, 0.6) is 0 Å². The SMILES string of the molecule is C[C](C)(C)[Sn]/[CH]=C/c1ccccc1. The monoisotopic (exact) mass is 280 g/mol. The third kappa shape index (κ3) is 5.14. The quantitative estimate of drug-likeness (QED) is 0.726. The topological polar surface area (TPSA) is 0 Å². The average Bonchev–Trinajstić information content (AvgIpc) is 2.04. The molecule has 0 aliphatic carbocycles. The van der Waals surface area contributed by atoms with Gasteiger partial charge in [0.2, 0.25) is 0 Å². The molecule has 0 aliphatic heterocycles. The Hall–Kier alpha value is -0.241. The molecule has 0 aromatic heterocycles. The zero-order chi connectivity index (χ0) is 9.73. The maximum absolute atomic E-state index is 2.42. The second kappa shape index (κ2) is 4.85. The Morgan fingerprint density at radius 2 is 1.69 bits per heavy atom. The van der Waals surface area contributed by atoms with E-state index < -0.39 is 0 Å². The Labute approximate surface area is 91.3 Å². The third-order valence-corrected chi connectivity index (χ3v) is 5.01. The zero-order valence-electron chi connectivity index (χ0n) is 8.54. The van der Waals surface area contributed by atoms with Gasteiger partial charge in [0.15, 0.2) is 0 Å². The van der Waals surface area contributed by atoms with Crippen molar-refractivity contribution in [3.05, 3.63) is 40.0 Å². The number of hydrogen-bond donors (Lipinski definition) is 0. The fourth-order valence-electron chi connectivity index (χ4n) is 0.952. The second-order valence-corrected chi connectivity index (χ2v) is 10.2. The van der Waals surface area contributed by atoms with Crippen LogP contribution in [0.2, 0.25) is 3.43 Å². The average molecular weight is 279 g/mol. The van der Waals surface area contributed by atoms with E-state index in [9.17, 15) is 0 Å². The van der Waals surface area contributed by atoms with Crippen molar-refractivity contribution >= 4 is 27.2 Å². The molecule has 1 rings (SSSR count). The summed E-state index contributed by atoms with van der Waals surface area (Å²) in [5.41, 5.74) is 1.33. The van der Waals surface area contributed by atoms with Crippen molar-refractivity contribution < 1.29 is 0 Å². The zero-order valence-corrected chi connectivity index (χ0v) is 11.4. The van der Waals surface area contributed by atoms with Gasteiger partial charge in [-0.25, -0.2) is 0 Å². The molecule has 0 amide bonds. The summed E-state index contributed by atoms with van der Waals surface area (Å²) in [4.78, 5) is 0. The van der Waals surface area contributed by atoms with Gasteiger partial charge >= 0.3 is 91.4 Å². The van der Waals surface area contributed by atoms with Crippen molar-refractivity contribution in [1.29, 1.82) is 0 Å². The van der Waals surface area contributed by atoms with Crippen LogP contribution >= 0.6 is 0 Å². The molecule has 13 heavy (non-hydrogen) atoms. The summed E-state index contributed by atoms with van der Waals surface area (Å²) in [6.45, 7) is 6.98. The molecule has 1 heteroatoms. The van der Waals surface area contributed by atoms with Gasteiger partial charge in [-0.05, 0) is 0 Å². The van der Waals surface area contributed by atoms with E-state index in [2.05, 4.69) is 61.3 Å². The predicted molar refractivity (Wildman–Crippen MR) is 60.9 cm³/mol. The normalized spacial score (nSPS) is 12.2. The molecule has 68 valence electrons. The Morgan fingerprint density at radius 3 is 2.23 bits per heavy atom. The Balaban J connectivity index is 2.51. The molecular weight excluding hydrogens is 263 g/mol. The first-order valence-electron chi connectivity index (χ1n) is 4.57. The van der Waals surface area contributed by atoms with Crippen molar-refractivity contribution in [3.8, 4) is 0 Å². The summed E-state index contributed by atoms with van der Waals surface area (Å²) in [5, 5.41) is 0. The van der Waals surface area contributed by atoms with Crippen LogP contribution in [-0.2, 0) is 0 Å². The molecule has 0 unspecified atom stereocenters. The van der Waals surface area contributed by atoms with Crippen LogP contribution in [0, 0.1) is 0 Å². The van der Waals surface area contributed by atoms with E-state index in [0.29, 0.717) is 3.43 Å². The molecule has 2 radical (unpaired) electrons. The van der Waals surface area contributed by atoms with Crippen LogP contribution in [0.4, 0.5) is 0 Å². The maximum atomic E-state index is 2.42. The first kappa shape index (κ1) is 10.8. The minimum atomic E-state index is -0.344. The predicted octanol–water partition coefficient (Wildman–Crippen LogP) is 3.58.